The highest BCUT2D eigenvalue weighted by atomic mass is 31.2. The Balaban J connectivity index is 5.22. The Morgan fingerprint density at radius 1 is 0.262 bits per heavy atom. The highest BCUT2D eigenvalue weighted by Crippen LogP contribution is 2.45. The van der Waals surface area contributed by atoms with E-state index in [4.69, 9.17) is 37.0 Å². The number of hydrogen-bond donors (Lipinski definition) is 3. The Bertz CT molecular complexity index is 1960. The smallest absolute Gasteiger partial charge is 0.462 e. The van der Waals surface area contributed by atoms with Crippen LogP contribution in [0.15, 0.2) is 0 Å². The predicted molar refractivity (Wildman–Crippen MR) is 423 cm³/mol. The topological polar surface area (TPSA) is 237 Å². The van der Waals surface area contributed by atoms with E-state index in [9.17, 15) is 43.2 Å². The standard InChI is InChI=1S/C84H164O17P2/c1-6-9-12-15-18-21-24-26-28-30-31-32-33-35-37-39-44-49-54-59-64-69-83(88)101-80(74-95-82(87)68-63-58-53-48-43-38-36-34-29-27-25-22-19-16-13-10-7-2)76-99-103(92,93)97-72-78(85)71-96-102(90,91)98-75-79(73-94-81(86)67-62-57-52-47-23-20-17-14-11-8-3)100-84(89)70-65-60-55-50-45-41-40-42-46-51-56-61-66-77(4)5/h77-80,85H,6-76H2,1-5H3,(H,90,91)(H,92,93)/t78-,79+,80+/m0/s1. The van der Waals surface area contributed by atoms with E-state index in [-0.39, 0.29) is 25.7 Å². The Hall–Kier alpha value is -1.94. The highest BCUT2D eigenvalue weighted by molar-refractivity contribution is 7.47. The number of rotatable bonds is 84. The molecule has 0 saturated carbocycles. The average molecular weight is 1510 g/mol. The molecule has 103 heavy (non-hydrogen) atoms. The predicted octanol–water partition coefficient (Wildman–Crippen LogP) is 25.6. The molecule has 0 heterocycles. The van der Waals surface area contributed by atoms with Crippen molar-refractivity contribution in [2.45, 2.75) is 470 Å². The van der Waals surface area contributed by atoms with E-state index in [0.717, 1.165) is 95.8 Å². The Labute approximate surface area is 632 Å². The molecule has 0 aromatic rings. The number of aliphatic hydroxyl groups is 1. The van der Waals surface area contributed by atoms with E-state index in [1.165, 1.54) is 276 Å². The van der Waals surface area contributed by atoms with Crippen LogP contribution in [0.2, 0.25) is 0 Å². The van der Waals surface area contributed by atoms with Gasteiger partial charge in [0, 0.05) is 25.7 Å². The summed E-state index contributed by atoms with van der Waals surface area (Å²) >= 11 is 0. The van der Waals surface area contributed by atoms with E-state index in [2.05, 4.69) is 34.6 Å². The molecule has 3 N–H and O–H groups in total. The van der Waals surface area contributed by atoms with Crippen LogP contribution >= 0.6 is 15.6 Å². The maximum absolute atomic E-state index is 13.1. The summed E-state index contributed by atoms with van der Waals surface area (Å²) in [6, 6.07) is 0. The molecule has 0 aliphatic rings. The van der Waals surface area contributed by atoms with Gasteiger partial charge < -0.3 is 33.8 Å². The zero-order valence-corrected chi connectivity index (χ0v) is 69.3. The van der Waals surface area contributed by atoms with Crippen LogP contribution in [0.3, 0.4) is 0 Å². The van der Waals surface area contributed by atoms with Crippen LogP contribution in [0.4, 0.5) is 0 Å². The summed E-state index contributed by atoms with van der Waals surface area (Å²) in [5, 5.41) is 10.7. The summed E-state index contributed by atoms with van der Waals surface area (Å²) in [7, 11) is -9.92. The molecular weight excluding hydrogens is 1340 g/mol. The van der Waals surface area contributed by atoms with Crippen LogP contribution in [0, 0.1) is 5.92 Å². The van der Waals surface area contributed by atoms with E-state index in [1.807, 2.05) is 0 Å². The molecule has 0 aromatic heterocycles. The maximum atomic E-state index is 13.1. The number of carbonyl (C=O) groups is 4. The zero-order chi connectivity index (χ0) is 75.5. The van der Waals surface area contributed by atoms with Crippen molar-refractivity contribution in [2.24, 2.45) is 5.92 Å². The molecule has 19 heteroatoms. The normalized spacial score (nSPS) is 13.8. The number of ether oxygens (including phenoxy) is 4. The van der Waals surface area contributed by atoms with Gasteiger partial charge in [-0.15, -0.1) is 0 Å². The van der Waals surface area contributed by atoms with Crippen molar-refractivity contribution in [1.82, 2.24) is 0 Å². The molecule has 5 atom stereocenters. The number of carbonyl (C=O) groups excluding carboxylic acids is 4. The van der Waals surface area contributed by atoms with Crippen molar-refractivity contribution in [2.75, 3.05) is 39.6 Å². The molecular formula is C84H164O17P2. The highest BCUT2D eigenvalue weighted by Gasteiger charge is 2.30. The molecule has 2 unspecified atom stereocenters. The van der Waals surface area contributed by atoms with Crippen LogP contribution in [-0.4, -0.2) is 96.7 Å². The lowest BCUT2D eigenvalue weighted by Gasteiger charge is -2.21. The van der Waals surface area contributed by atoms with Crippen LogP contribution in [-0.2, 0) is 65.4 Å². The molecule has 0 rings (SSSR count). The number of phosphoric acid groups is 2. The van der Waals surface area contributed by atoms with Crippen LogP contribution in [0.1, 0.15) is 452 Å². The summed E-state index contributed by atoms with van der Waals surface area (Å²) in [6.07, 6.45) is 69.4. The lowest BCUT2D eigenvalue weighted by Crippen LogP contribution is -2.30. The fourth-order valence-electron chi connectivity index (χ4n) is 13.1. The van der Waals surface area contributed by atoms with Gasteiger partial charge in [0.05, 0.1) is 26.4 Å². The van der Waals surface area contributed by atoms with E-state index < -0.39 is 97.5 Å². The van der Waals surface area contributed by atoms with Crippen molar-refractivity contribution in [1.29, 1.82) is 0 Å². The van der Waals surface area contributed by atoms with Gasteiger partial charge in [0.15, 0.2) is 12.2 Å². The first-order valence-corrected chi connectivity index (χ1v) is 46.6. The summed E-state index contributed by atoms with van der Waals surface area (Å²) in [5.41, 5.74) is 0. The van der Waals surface area contributed by atoms with Crippen molar-refractivity contribution in [3.63, 3.8) is 0 Å². The summed E-state index contributed by atoms with van der Waals surface area (Å²) < 4.78 is 68.8. The third-order valence-corrected chi connectivity index (χ3v) is 21.7. The fraction of sp³-hybridized carbons (Fsp3) is 0.952. The van der Waals surface area contributed by atoms with Gasteiger partial charge in [-0.05, 0) is 31.6 Å². The first-order chi connectivity index (χ1) is 50.0. The monoisotopic (exact) mass is 1510 g/mol. The average Bonchev–Trinajstić information content (AvgIpc) is 0.926. The zero-order valence-electron chi connectivity index (χ0n) is 67.5. The molecule has 0 saturated heterocycles. The Morgan fingerprint density at radius 2 is 0.447 bits per heavy atom. The minimum Gasteiger partial charge on any atom is -0.462 e. The molecule has 0 fully saturated rings. The van der Waals surface area contributed by atoms with E-state index in [1.54, 1.807) is 0 Å². The van der Waals surface area contributed by atoms with Crippen LogP contribution in [0.5, 0.6) is 0 Å². The third-order valence-electron chi connectivity index (χ3n) is 19.8. The molecule has 17 nitrogen and oxygen atoms in total. The first-order valence-electron chi connectivity index (χ1n) is 43.6. The largest absolute Gasteiger partial charge is 0.472 e. The second-order valence-electron chi connectivity index (χ2n) is 30.7. The second kappa shape index (κ2) is 76.8. The van der Waals surface area contributed by atoms with E-state index >= 15 is 0 Å². The number of hydrogen-bond acceptors (Lipinski definition) is 15. The summed E-state index contributed by atoms with van der Waals surface area (Å²) in [4.78, 5) is 73.1. The molecule has 0 bridgehead atoms. The SMILES string of the molecule is CCCCCCCCCCCCCCCCCCCCCCCC(=O)O[C@H](COC(=O)CCCCCCCCCCCCCCCCCCC)COP(=O)(O)OC[C@@H](O)COP(=O)(O)OC[C@@H](COC(=O)CCCCCCCCCCCC)OC(=O)CCCCCCCCCCCCCCC(C)C. The maximum Gasteiger partial charge on any atom is 0.472 e. The second-order valence-corrected chi connectivity index (χ2v) is 33.6. The number of esters is 4. The summed E-state index contributed by atoms with van der Waals surface area (Å²) in [6.45, 7) is 7.35. The third kappa shape index (κ3) is 78.0. The van der Waals surface area contributed by atoms with Crippen LogP contribution in [0.25, 0.3) is 0 Å². The lowest BCUT2D eigenvalue weighted by atomic mass is 10.0. The van der Waals surface area contributed by atoms with Gasteiger partial charge in [-0.25, -0.2) is 9.13 Å². The molecule has 0 aliphatic heterocycles. The van der Waals surface area contributed by atoms with Gasteiger partial charge in [-0.1, -0.05) is 401 Å². The van der Waals surface area contributed by atoms with Crippen LogP contribution < -0.4 is 0 Å². The number of unbranched alkanes of at least 4 members (excludes halogenated alkanes) is 56. The number of phosphoric ester groups is 2. The molecule has 0 radical (unpaired) electrons. The van der Waals surface area contributed by atoms with Gasteiger partial charge in [0.2, 0.25) is 0 Å². The van der Waals surface area contributed by atoms with E-state index in [0.29, 0.717) is 25.7 Å². The molecule has 612 valence electrons. The van der Waals surface area contributed by atoms with Crippen molar-refractivity contribution < 1.29 is 80.2 Å². The first kappa shape index (κ1) is 101. The molecule has 0 amide bonds. The molecule has 0 aliphatic carbocycles. The number of aliphatic hydroxyl groups excluding tert-OH is 1. The van der Waals surface area contributed by atoms with Crippen molar-refractivity contribution in [3.8, 4) is 0 Å². The molecule has 0 spiro atoms. The van der Waals surface area contributed by atoms with Gasteiger partial charge in [-0.3, -0.25) is 37.3 Å². The van der Waals surface area contributed by atoms with Gasteiger partial charge >= 0.3 is 39.5 Å². The van der Waals surface area contributed by atoms with Gasteiger partial charge in [0.1, 0.15) is 19.3 Å². The van der Waals surface area contributed by atoms with Gasteiger partial charge in [-0.2, -0.15) is 0 Å². The minimum atomic E-state index is -4.96. The summed E-state index contributed by atoms with van der Waals surface area (Å²) in [5.74, 6) is -1.33. The molecule has 0 aromatic carbocycles. The van der Waals surface area contributed by atoms with Gasteiger partial charge in [0.25, 0.3) is 0 Å². The van der Waals surface area contributed by atoms with Crippen molar-refractivity contribution in [3.05, 3.63) is 0 Å². The fourth-order valence-corrected chi connectivity index (χ4v) is 14.7. The minimum absolute atomic E-state index is 0.108. The van der Waals surface area contributed by atoms with Crippen molar-refractivity contribution >= 4 is 39.5 Å². The lowest BCUT2D eigenvalue weighted by molar-refractivity contribution is -0.161. The Morgan fingerprint density at radius 3 is 0.660 bits per heavy atom. The quantitative estimate of drug-likeness (QED) is 0.0222. The Kier molecular flexibility index (Phi) is 75.4.